The highest BCUT2D eigenvalue weighted by atomic mass is 35.5. The molecule has 5 nitrogen and oxygen atoms in total. The Morgan fingerprint density at radius 2 is 1.94 bits per heavy atom. The number of halogens is 1. The maximum atomic E-state index is 5.85. The van der Waals surface area contributed by atoms with E-state index in [-0.39, 0.29) is 5.28 Å². The van der Waals surface area contributed by atoms with E-state index in [2.05, 4.69) is 14.9 Å². The minimum Gasteiger partial charge on any atom is -0.385 e. The molecule has 0 saturated carbocycles. The zero-order valence-electron chi connectivity index (χ0n) is 11.1. The van der Waals surface area contributed by atoms with E-state index in [1.165, 1.54) is 0 Å². The van der Waals surface area contributed by atoms with Crippen LogP contribution in [0.15, 0.2) is 6.20 Å². The molecule has 0 N–H and O–H groups in total. The summed E-state index contributed by atoms with van der Waals surface area (Å²) in [7, 11) is 3.39. The molecule has 6 heteroatoms. The van der Waals surface area contributed by atoms with Gasteiger partial charge in [0.15, 0.2) is 0 Å². The normalized spacial score (nSPS) is 10.7. The SMILES string of the molecule is COCCCN(CCOC)c1nc(Cl)ncc1C. The fraction of sp³-hybridized carbons (Fsp3) is 0.667. The van der Waals surface area contributed by atoms with Crippen LogP contribution in [0.5, 0.6) is 0 Å². The number of aromatic nitrogens is 2. The molecule has 0 aliphatic heterocycles. The molecule has 0 radical (unpaired) electrons. The van der Waals surface area contributed by atoms with Crippen LogP contribution in [0.25, 0.3) is 0 Å². The van der Waals surface area contributed by atoms with Crippen molar-refractivity contribution in [2.45, 2.75) is 13.3 Å². The molecule has 0 atom stereocenters. The van der Waals surface area contributed by atoms with Crippen molar-refractivity contribution in [2.75, 3.05) is 45.4 Å². The molecule has 0 amide bonds. The molecular weight excluding hydrogens is 254 g/mol. The summed E-state index contributed by atoms with van der Waals surface area (Å²) < 4.78 is 10.2. The average molecular weight is 274 g/mol. The second kappa shape index (κ2) is 8.24. The van der Waals surface area contributed by atoms with Crippen LogP contribution >= 0.6 is 11.6 Å². The first kappa shape index (κ1) is 15.1. The molecule has 0 spiro atoms. The molecule has 1 rings (SSSR count). The molecule has 0 aliphatic carbocycles. The maximum absolute atomic E-state index is 5.85. The minimum atomic E-state index is 0.268. The fourth-order valence-corrected chi connectivity index (χ4v) is 1.79. The summed E-state index contributed by atoms with van der Waals surface area (Å²) in [6, 6.07) is 0. The topological polar surface area (TPSA) is 47.5 Å². The van der Waals surface area contributed by atoms with Gasteiger partial charge in [0, 0.05) is 45.7 Å². The largest absolute Gasteiger partial charge is 0.385 e. The Bertz CT molecular complexity index is 363. The molecule has 0 bridgehead atoms. The summed E-state index contributed by atoms with van der Waals surface area (Å²) in [5.74, 6) is 0.864. The third kappa shape index (κ3) is 4.76. The number of methoxy groups -OCH3 is 2. The van der Waals surface area contributed by atoms with Crippen LogP contribution in [0.3, 0.4) is 0 Å². The van der Waals surface area contributed by atoms with Gasteiger partial charge in [0.05, 0.1) is 6.61 Å². The summed E-state index contributed by atoms with van der Waals surface area (Å²) in [6.07, 6.45) is 2.67. The van der Waals surface area contributed by atoms with Crippen molar-refractivity contribution in [1.82, 2.24) is 9.97 Å². The first-order chi connectivity index (χ1) is 8.69. The van der Waals surface area contributed by atoms with E-state index in [1.54, 1.807) is 20.4 Å². The van der Waals surface area contributed by atoms with Crippen molar-refractivity contribution in [2.24, 2.45) is 0 Å². The standard InChI is InChI=1S/C12H20ClN3O2/c1-10-9-14-12(13)15-11(10)16(6-8-18-3)5-4-7-17-2/h9H,4-8H2,1-3H3. The van der Waals surface area contributed by atoms with Gasteiger partial charge in [-0.3, -0.25) is 0 Å². The highest BCUT2D eigenvalue weighted by molar-refractivity contribution is 6.28. The van der Waals surface area contributed by atoms with E-state index < -0.39 is 0 Å². The van der Waals surface area contributed by atoms with Crippen LogP contribution in [0.4, 0.5) is 5.82 Å². The molecule has 1 heterocycles. The Hall–Kier alpha value is -0.910. The van der Waals surface area contributed by atoms with E-state index >= 15 is 0 Å². The van der Waals surface area contributed by atoms with Crippen LogP contribution in [0.2, 0.25) is 5.28 Å². The zero-order valence-corrected chi connectivity index (χ0v) is 11.9. The third-order valence-corrected chi connectivity index (χ3v) is 2.74. The number of hydrogen-bond acceptors (Lipinski definition) is 5. The molecule has 0 fully saturated rings. The molecule has 0 aliphatic rings. The second-order valence-corrected chi connectivity index (χ2v) is 4.31. The highest BCUT2D eigenvalue weighted by Gasteiger charge is 2.11. The van der Waals surface area contributed by atoms with E-state index in [1.807, 2.05) is 6.92 Å². The first-order valence-electron chi connectivity index (χ1n) is 5.91. The van der Waals surface area contributed by atoms with Crippen molar-refractivity contribution in [3.63, 3.8) is 0 Å². The van der Waals surface area contributed by atoms with Crippen molar-refractivity contribution in [3.8, 4) is 0 Å². The summed E-state index contributed by atoms with van der Waals surface area (Å²) in [4.78, 5) is 10.4. The Balaban J connectivity index is 2.75. The maximum Gasteiger partial charge on any atom is 0.224 e. The van der Waals surface area contributed by atoms with Gasteiger partial charge in [-0.2, -0.15) is 0 Å². The summed E-state index contributed by atoms with van der Waals surface area (Å²) in [5, 5.41) is 0.268. The lowest BCUT2D eigenvalue weighted by Crippen LogP contribution is -2.30. The molecule has 1 aromatic rings. The van der Waals surface area contributed by atoms with E-state index in [4.69, 9.17) is 21.1 Å². The van der Waals surface area contributed by atoms with Crippen molar-refractivity contribution in [1.29, 1.82) is 0 Å². The van der Waals surface area contributed by atoms with Gasteiger partial charge in [0.2, 0.25) is 5.28 Å². The van der Waals surface area contributed by atoms with Crippen molar-refractivity contribution >= 4 is 17.4 Å². The van der Waals surface area contributed by atoms with Gasteiger partial charge < -0.3 is 14.4 Å². The van der Waals surface area contributed by atoms with Crippen molar-refractivity contribution < 1.29 is 9.47 Å². The number of hydrogen-bond donors (Lipinski definition) is 0. The molecule has 0 aromatic carbocycles. The monoisotopic (exact) mass is 273 g/mol. The van der Waals surface area contributed by atoms with Crippen LogP contribution in [-0.4, -0.2) is 50.5 Å². The number of nitrogens with zero attached hydrogens (tertiary/aromatic N) is 3. The number of anilines is 1. The Kier molecular flexibility index (Phi) is 6.93. The highest BCUT2D eigenvalue weighted by Crippen LogP contribution is 2.18. The van der Waals surface area contributed by atoms with Gasteiger partial charge in [-0.15, -0.1) is 0 Å². The van der Waals surface area contributed by atoms with Gasteiger partial charge in [-0.05, 0) is 24.9 Å². The van der Waals surface area contributed by atoms with Gasteiger partial charge in [-0.1, -0.05) is 0 Å². The Morgan fingerprint density at radius 3 is 2.61 bits per heavy atom. The molecule has 18 heavy (non-hydrogen) atoms. The van der Waals surface area contributed by atoms with E-state index in [9.17, 15) is 0 Å². The van der Waals surface area contributed by atoms with E-state index in [0.29, 0.717) is 6.61 Å². The smallest absolute Gasteiger partial charge is 0.224 e. The molecular formula is C12H20ClN3O2. The third-order valence-electron chi connectivity index (χ3n) is 2.56. The lowest BCUT2D eigenvalue weighted by molar-refractivity contribution is 0.191. The van der Waals surface area contributed by atoms with Gasteiger partial charge >= 0.3 is 0 Å². The van der Waals surface area contributed by atoms with E-state index in [0.717, 1.165) is 37.5 Å². The zero-order chi connectivity index (χ0) is 13.4. The molecule has 0 unspecified atom stereocenters. The fourth-order valence-electron chi connectivity index (χ4n) is 1.66. The van der Waals surface area contributed by atoms with Crippen molar-refractivity contribution in [3.05, 3.63) is 17.0 Å². The minimum absolute atomic E-state index is 0.268. The summed E-state index contributed by atoms with van der Waals surface area (Å²) in [5.41, 5.74) is 1.01. The summed E-state index contributed by atoms with van der Waals surface area (Å²) >= 11 is 5.85. The van der Waals surface area contributed by atoms with Gasteiger partial charge in [-0.25, -0.2) is 9.97 Å². The quantitative estimate of drug-likeness (QED) is 0.535. The molecule has 1 aromatic heterocycles. The van der Waals surface area contributed by atoms with Gasteiger partial charge in [0.25, 0.3) is 0 Å². The molecule has 102 valence electrons. The lowest BCUT2D eigenvalue weighted by Gasteiger charge is -2.24. The van der Waals surface area contributed by atoms with Crippen LogP contribution < -0.4 is 4.90 Å². The number of ether oxygens (including phenoxy) is 2. The number of aryl methyl sites for hydroxylation is 1. The van der Waals surface area contributed by atoms with Crippen LogP contribution in [-0.2, 0) is 9.47 Å². The van der Waals surface area contributed by atoms with Gasteiger partial charge in [0.1, 0.15) is 5.82 Å². The lowest BCUT2D eigenvalue weighted by atomic mass is 10.3. The Morgan fingerprint density at radius 1 is 1.22 bits per heavy atom. The summed E-state index contributed by atoms with van der Waals surface area (Å²) in [6.45, 7) is 4.97. The second-order valence-electron chi connectivity index (χ2n) is 3.97. The number of rotatable bonds is 8. The predicted octanol–water partition coefficient (Wildman–Crippen LogP) is 1.93. The predicted molar refractivity (Wildman–Crippen MR) is 72.4 cm³/mol. The Labute approximate surface area is 113 Å². The molecule has 0 saturated heterocycles. The average Bonchev–Trinajstić information content (AvgIpc) is 2.37. The van der Waals surface area contributed by atoms with Crippen LogP contribution in [0.1, 0.15) is 12.0 Å². The first-order valence-corrected chi connectivity index (χ1v) is 6.28. The van der Waals surface area contributed by atoms with Crippen LogP contribution in [0, 0.1) is 6.92 Å².